The van der Waals surface area contributed by atoms with Gasteiger partial charge in [-0.25, -0.2) is 9.13 Å². The average Bonchev–Trinajstić information content (AvgIpc) is 0.900. The molecule has 0 radical (unpaired) electrons. The monoisotopic (exact) mass is 1580 g/mol. The molecule has 0 fully saturated rings. The molecule has 3 N–H and O–H groups in total. The number of aliphatic hydroxyl groups excluding tert-OH is 1. The van der Waals surface area contributed by atoms with Crippen LogP contribution >= 0.6 is 15.6 Å². The van der Waals surface area contributed by atoms with E-state index in [9.17, 15) is 43.2 Å². The molecule has 0 aliphatic heterocycles. The second kappa shape index (κ2) is 81.6. The van der Waals surface area contributed by atoms with Crippen LogP contribution in [0.5, 0.6) is 0 Å². The quantitative estimate of drug-likeness (QED) is 0.0222. The van der Waals surface area contributed by atoms with Crippen molar-refractivity contribution in [2.24, 2.45) is 5.92 Å². The van der Waals surface area contributed by atoms with Gasteiger partial charge >= 0.3 is 39.5 Å². The van der Waals surface area contributed by atoms with Gasteiger partial charge in [-0.2, -0.15) is 0 Å². The minimum absolute atomic E-state index is 0.108. The van der Waals surface area contributed by atoms with Crippen LogP contribution in [0.4, 0.5) is 0 Å². The van der Waals surface area contributed by atoms with Gasteiger partial charge in [-0.1, -0.05) is 433 Å². The zero-order valence-corrected chi connectivity index (χ0v) is 72.8. The van der Waals surface area contributed by atoms with E-state index in [1.807, 2.05) is 0 Å². The molecular weight excluding hydrogens is 1400 g/mol. The Labute approximate surface area is 664 Å². The van der Waals surface area contributed by atoms with Crippen molar-refractivity contribution in [1.29, 1.82) is 0 Å². The number of rotatable bonds is 89. The van der Waals surface area contributed by atoms with Gasteiger partial charge in [-0.05, 0) is 31.6 Å². The number of phosphoric acid groups is 2. The molecule has 0 spiro atoms. The highest BCUT2D eigenvalue weighted by atomic mass is 31.2. The number of phosphoric ester groups is 2. The molecule has 0 aromatic rings. The van der Waals surface area contributed by atoms with Crippen LogP contribution in [-0.4, -0.2) is 96.7 Å². The topological polar surface area (TPSA) is 237 Å². The Morgan fingerprint density at radius 3 is 0.630 bits per heavy atom. The van der Waals surface area contributed by atoms with Gasteiger partial charge in [0.2, 0.25) is 0 Å². The fourth-order valence-electron chi connectivity index (χ4n) is 14.0. The fourth-order valence-corrected chi connectivity index (χ4v) is 15.6. The number of carbonyl (C=O) groups is 4. The lowest BCUT2D eigenvalue weighted by Crippen LogP contribution is -2.30. The Bertz CT molecular complexity index is 2050. The summed E-state index contributed by atoms with van der Waals surface area (Å²) in [5.41, 5.74) is 0. The van der Waals surface area contributed by atoms with Crippen LogP contribution in [0.25, 0.3) is 0 Å². The third kappa shape index (κ3) is 82.1. The van der Waals surface area contributed by atoms with Gasteiger partial charge in [0, 0.05) is 25.7 Å². The predicted molar refractivity (Wildman–Crippen MR) is 446 cm³/mol. The van der Waals surface area contributed by atoms with Crippen LogP contribution in [-0.2, 0) is 65.4 Å². The van der Waals surface area contributed by atoms with Gasteiger partial charge in [0.15, 0.2) is 12.2 Å². The predicted octanol–water partition coefficient (Wildman–Crippen LogP) is 27.5. The van der Waals surface area contributed by atoms with Crippen molar-refractivity contribution >= 4 is 39.5 Å². The van der Waals surface area contributed by atoms with Crippen LogP contribution < -0.4 is 0 Å². The molecule has 108 heavy (non-hydrogen) atoms. The molecule has 642 valence electrons. The molecule has 0 aromatic heterocycles. The number of hydrogen-bond donors (Lipinski definition) is 3. The standard InChI is InChI=1S/C89H174O17P2/c1-6-9-12-15-18-21-24-27-30-33-35-37-40-42-45-48-51-57-62-67-72-86(91)99-78-84(105-88(93)74-70-65-60-53-50-47-44-41-38-36-34-31-28-25-22-19-16-13-10-7-2)80-103-107(95,96)101-76-83(90)77-102-108(97,98)104-81-85(79-100-87(92)73-68-63-58-55-54-56-61-66-71-82(4)5)106-89(94)75-69-64-59-52-49-46-43-39-32-29-26-23-20-17-14-11-8-3/h82-85,90H,6-81H2,1-5H3,(H,95,96)(H,97,98)/t83-,84-,85-/m1/s1. The number of ether oxygens (including phenoxy) is 4. The van der Waals surface area contributed by atoms with Crippen LogP contribution in [0, 0.1) is 5.92 Å². The van der Waals surface area contributed by atoms with Crippen molar-refractivity contribution in [2.75, 3.05) is 39.6 Å². The molecule has 0 saturated heterocycles. The van der Waals surface area contributed by atoms with Gasteiger partial charge in [0.1, 0.15) is 19.3 Å². The highest BCUT2D eigenvalue weighted by molar-refractivity contribution is 7.47. The van der Waals surface area contributed by atoms with Crippen molar-refractivity contribution in [1.82, 2.24) is 0 Å². The molecule has 0 aromatic carbocycles. The third-order valence-corrected chi connectivity index (χ3v) is 22.9. The minimum atomic E-state index is -4.97. The summed E-state index contributed by atoms with van der Waals surface area (Å²) in [5, 5.41) is 10.7. The number of carbonyl (C=O) groups excluding carboxylic acids is 4. The van der Waals surface area contributed by atoms with Gasteiger partial charge in [0.05, 0.1) is 26.4 Å². The maximum absolute atomic E-state index is 13.2. The zero-order chi connectivity index (χ0) is 79.0. The van der Waals surface area contributed by atoms with Crippen LogP contribution in [0.2, 0.25) is 0 Å². The molecular formula is C89H174O17P2. The third-order valence-electron chi connectivity index (χ3n) is 21.0. The molecule has 5 atom stereocenters. The first-order valence-electron chi connectivity index (χ1n) is 46.1. The average molecular weight is 1580 g/mol. The molecule has 17 nitrogen and oxygen atoms in total. The molecule has 0 saturated carbocycles. The summed E-state index contributed by atoms with van der Waals surface area (Å²) in [7, 11) is -9.93. The first-order chi connectivity index (χ1) is 52.5. The molecule has 2 unspecified atom stereocenters. The van der Waals surface area contributed by atoms with Crippen molar-refractivity contribution in [2.45, 2.75) is 502 Å². The van der Waals surface area contributed by atoms with E-state index in [1.165, 1.54) is 308 Å². The van der Waals surface area contributed by atoms with E-state index in [0.29, 0.717) is 25.7 Å². The lowest BCUT2D eigenvalue weighted by molar-refractivity contribution is -0.161. The number of esters is 4. The lowest BCUT2D eigenvalue weighted by atomic mass is 10.0. The highest BCUT2D eigenvalue weighted by Gasteiger charge is 2.30. The van der Waals surface area contributed by atoms with E-state index >= 15 is 0 Å². The molecule has 0 bridgehead atoms. The van der Waals surface area contributed by atoms with E-state index < -0.39 is 97.5 Å². The summed E-state index contributed by atoms with van der Waals surface area (Å²) in [6.07, 6.45) is 76.5. The van der Waals surface area contributed by atoms with Crippen molar-refractivity contribution in [3.63, 3.8) is 0 Å². The fraction of sp³-hybridized carbons (Fsp3) is 0.955. The van der Waals surface area contributed by atoms with Crippen LogP contribution in [0.3, 0.4) is 0 Å². The van der Waals surface area contributed by atoms with Gasteiger partial charge < -0.3 is 33.8 Å². The van der Waals surface area contributed by atoms with Crippen molar-refractivity contribution in [3.05, 3.63) is 0 Å². The molecule has 19 heteroatoms. The van der Waals surface area contributed by atoms with E-state index in [1.54, 1.807) is 0 Å². The maximum atomic E-state index is 13.2. The summed E-state index contributed by atoms with van der Waals surface area (Å²) in [5.74, 6) is -1.37. The second-order valence-corrected chi connectivity index (χ2v) is 35.4. The van der Waals surface area contributed by atoms with Gasteiger partial charge in [-0.3, -0.25) is 37.3 Å². The van der Waals surface area contributed by atoms with Crippen LogP contribution in [0.15, 0.2) is 0 Å². The maximum Gasteiger partial charge on any atom is 0.472 e. The summed E-state index contributed by atoms with van der Waals surface area (Å²) in [4.78, 5) is 73.3. The van der Waals surface area contributed by atoms with Crippen molar-refractivity contribution in [3.8, 4) is 0 Å². The second-order valence-electron chi connectivity index (χ2n) is 32.5. The number of unbranched alkanes of at least 4 members (excludes halogenated alkanes) is 61. The molecule has 0 heterocycles. The molecule has 0 rings (SSSR count). The Morgan fingerprint density at radius 1 is 0.250 bits per heavy atom. The minimum Gasteiger partial charge on any atom is -0.462 e. The smallest absolute Gasteiger partial charge is 0.462 e. The van der Waals surface area contributed by atoms with Gasteiger partial charge in [0.25, 0.3) is 0 Å². The van der Waals surface area contributed by atoms with Crippen LogP contribution in [0.1, 0.15) is 484 Å². The van der Waals surface area contributed by atoms with E-state index in [4.69, 9.17) is 37.0 Å². The Balaban J connectivity index is 5.23. The summed E-state index contributed by atoms with van der Waals surface area (Å²) in [6.45, 7) is 7.35. The van der Waals surface area contributed by atoms with E-state index in [-0.39, 0.29) is 25.7 Å². The number of aliphatic hydroxyl groups is 1. The SMILES string of the molecule is CCCCCCCCCCCCCCCCCCCCCCC(=O)OC[C@H](COP(=O)(O)OC[C@@H](O)COP(=O)(O)OC[C@@H](COC(=O)CCCCCCCCCCC(C)C)OC(=O)CCCCCCCCCCCCCCCCCCC)OC(=O)CCCCCCCCCCCCCCCCCCCCCC. The zero-order valence-electron chi connectivity index (χ0n) is 71.0. The highest BCUT2D eigenvalue weighted by Crippen LogP contribution is 2.45. The molecule has 0 aliphatic carbocycles. The first-order valence-corrected chi connectivity index (χ1v) is 49.1. The normalized spacial score (nSPS) is 13.7. The summed E-state index contributed by atoms with van der Waals surface area (Å²) in [6, 6.07) is 0. The van der Waals surface area contributed by atoms with E-state index in [2.05, 4.69) is 34.6 Å². The Kier molecular flexibility index (Phi) is 80.2. The molecule has 0 amide bonds. The Hall–Kier alpha value is -1.94. The van der Waals surface area contributed by atoms with Gasteiger partial charge in [-0.15, -0.1) is 0 Å². The number of hydrogen-bond acceptors (Lipinski definition) is 15. The van der Waals surface area contributed by atoms with E-state index in [0.717, 1.165) is 95.8 Å². The lowest BCUT2D eigenvalue weighted by Gasteiger charge is -2.21. The summed E-state index contributed by atoms with van der Waals surface area (Å²) >= 11 is 0. The first kappa shape index (κ1) is 106. The summed E-state index contributed by atoms with van der Waals surface area (Å²) < 4.78 is 69.0. The largest absolute Gasteiger partial charge is 0.472 e. The Morgan fingerprint density at radius 2 is 0.426 bits per heavy atom. The molecule has 0 aliphatic rings. The van der Waals surface area contributed by atoms with Crippen molar-refractivity contribution < 1.29 is 80.2 Å².